The van der Waals surface area contributed by atoms with Crippen LogP contribution in [0.15, 0.2) is 6.07 Å². The molecule has 0 aromatic carbocycles. The van der Waals surface area contributed by atoms with Gasteiger partial charge in [0.05, 0.1) is 7.11 Å². The normalized spacial score (nSPS) is 12.2. The molecule has 90 valence electrons. The highest BCUT2D eigenvalue weighted by Gasteiger charge is 2.12. The van der Waals surface area contributed by atoms with E-state index in [9.17, 15) is 0 Å². The number of rotatable bonds is 5. The van der Waals surface area contributed by atoms with Crippen LogP contribution in [0, 0.1) is 0 Å². The van der Waals surface area contributed by atoms with Crippen molar-refractivity contribution in [3.63, 3.8) is 0 Å². The fourth-order valence-corrected chi connectivity index (χ4v) is 2.00. The fraction of sp³-hybridized carbons (Fsp3) is 0.600. The van der Waals surface area contributed by atoms with Crippen LogP contribution in [0.3, 0.4) is 0 Å². The second kappa shape index (κ2) is 5.79. The first-order valence-electron chi connectivity index (χ1n) is 4.98. The van der Waals surface area contributed by atoms with Crippen molar-refractivity contribution in [1.29, 1.82) is 0 Å². The van der Waals surface area contributed by atoms with Crippen LogP contribution in [-0.4, -0.2) is 42.2 Å². The molecule has 1 rings (SSSR count). The number of hydrogen-bond donors (Lipinski definition) is 1. The van der Waals surface area contributed by atoms with Crippen LogP contribution in [-0.2, 0) is 0 Å². The zero-order valence-electron chi connectivity index (χ0n) is 10.1. The Labute approximate surface area is 100 Å². The molecule has 0 fully saturated rings. The third-order valence-electron chi connectivity index (χ3n) is 2.35. The number of nitrogen functional groups attached to an aromatic ring is 1. The summed E-state index contributed by atoms with van der Waals surface area (Å²) in [6.07, 6.45) is 2.08. The summed E-state index contributed by atoms with van der Waals surface area (Å²) < 4.78 is 5.06. The Morgan fingerprint density at radius 2 is 2.25 bits per heavy atom. The summed E-state index contributed by atoms with van der Waals surface area (Å²) in [6.45, 7) is 2.14. The molecule has 16 heavy (non-hydrogen) atoms. The molecule has 5 nitrogen and oxygen atoms in total. The van der Waals surface area contributed by atoms with Gasteiger partial charge in [-0.3, -0.25) is 0 Å². The lowest BCUT2D eigenvalue weighted by molar-refractivity contribution is 0.397. The third-order valence-corrected chi connectivity index (χ3v) is 3.16. The number of hydrogen-bond acceptors (Lipinski definition) is 6. The van der Waals surface area contributed by atoms with Crippen LogP contribution in [0.25, 0.3) is 0 Å². The highest BCUT2D eigenvalue weighted by Crippen LogP contribution is 2.19. The number of nitrogens with two attached hydrogens (primary N) is 1. The molecule has 1 unspecified atom stereocenters. The minimum atomic E-state index is 0.234. The molecule has 1 atom stereocenters. The Kier molecular flexibility index (Phi) is 4.67. The number of aromatic nitrogens is 2. The van der Waals surface area contributed by atoms with E-state index in [1.165, 1.54) is 0 Å². The molecule has 0 amide bonds. The molecule has 0 aliphatic rings. The average Bonchev–Trinajstić information content (AvgIpc) is 2.27. The Balaban J connectivity index is 2.89. The predicted molar refractivity (Wildman–Crippen MR) is 69.2 cm³/mol. The summed E-state index contributed by atoms with van der Waals surface area (Å²) in [5, 5.41) is 0. The van der Waals surface area contributed by atoms with Gasteiger partial charge in [0.2, 0.25) is 11.8 Å². The van der Waals surface area contributed by atoms with Crippen LogP contribution in [0.4, 0.5) is 11.8 Å². The lowest BCUT2D eigenvalue weighted by atomic mass is 10.3. The first kappa shape index (κ1) is 12.9. The van der Waals surface area contributed by atoms with Crippen molar-refractivity contribution in [3.8, 4) is 5.88 Å². The van der Waals surface area contributed by atoms with Crippen LogP contribution >= 0.6 is 11.8 Å². The average molecular weight is 242 g/mol. The van der Waals surface area contributed by atoms with E-state index in [1.807, 2.05) is 7.05 Å². The highest BCUT2D eigenvalue weighted by molar-refractivity contribution is 7.98. The highest BCUT2D eigenvalue weighted by atomic mass is 32.2. The zero-order valence-corrected chi connectivity index (χ0v) is 10.9. The topological polar surface area (TPSA) is 64.3 Å². The van der Waals surface area contributed by atoms with Crippen molar-refractivity contribution in [2.45, 2.75) is 13.0 Å². The smallest absolute Gasteiger partial charge is 0.225 e. The molecule has 0 bridgehead atoms. The largest absolute Gasteiger partial charge is 0.481 e. The first-order valence-corrected chi connectivity index (χ1v) is 6.38. The molecular formula is C10H18N4OS. The molecule has 6 heteroatoms. The van der Waals surface area contributed by atoms with E-state index in [-0.39, 0.29) is 5.95 Å². The summed E-state index contributed by atoms with van der Waals surface area (Å²) in [5.41, 5.74) is 5.61. The number of anilines is 2. The van der Waals surface area contributed by atoms with Gasteiger partial charge in [-0.25, -0.2) is 0 Å². The van der Waals surface area contributed by atoms with Gasteiger partial charge in [0.1, 0.15) is 5.82 Å². The van der Waals surface area contributed by atoms with Gasteiger partial charge in [0.15, 0.2) is 0 Å². The standard InChI is InChI=1S/C10H18N4OS/c1-7(6-16-4)14(2)8-5-9(15-3)13-10(11)12-8/h5,7H,6H2,1-4H3,(H2,11,12,13). The summed E-state index contributed by atoms with van der Waals surface area (Å²) in [6, 6.07) is 2.17. The third kappa shape index (κ3) is 3.16. The Bertz CT molecular complexity index is 348. The van der Waals surface area contributed by atoms with Crippen molar-refractivity contribution in [3.05, 3.63) is 6.07 Å². The van der Waals surface area contributed by atoms with Gasteiger partial charge in [0, 0.05) is 24.9 Å². The van der Waals surface area contributed by atoms with E-state index in [2.05, 4.69) is 28.0 Å². The molecule has 0 spiro atoms. The van der Waals surface area contributed by atoms with Gasteiger partial charge in [-0.2, -0.15) is 21.7 Å². The molecule has 0 aliphatic carbocycles. The molecular weight excluding hydrogens is 224 g/mol. The van der Waals surface area contributed by atoms with Gasteiger partial charge < -0.3 is 15.4 Å². The van der Waals surface area contributed by atoms with E-state index in [4.69, 9.17) is 10.5 Å². The second-order valence-electron chi connectivity index (χ2n) is 3.54. The zero-order chi connectivity index (χ0) is 12.1. The monoisotopic (exact) mass is 242 g/mol. The van der Waals surface area contributed by atoms with Gasteiger partial charge in [0.25, 0.3) is 0 Å². The first-order chi connectivity index (χ1) is 7.58. The SMILES string of the molecule is COc1cc(N(C)C(C)CSC)nc(N)n1. The summed E-state index contributed by atoms with van der Waals surface area (Å²) in [7, 11) is 3.55. The maximum Gasteiger partial charge on any atom is 0.225 e. The Morgan fingerprint density at radius 1 is 1.56 bits per heavy atom. The molecule has 0 saturated carbocycles. The molecule has 1 aromatic heterocycles. The van der Waals surface area contributed by atoms with E-state index >= 15 is 0 Å². The summed E-state index contributed by atoms with van der Waals surface area (Å²) >= 11 is 1.80. The van der Waals surface area contributed by atoms with Crippen molar-refractivity contribution in [2.24, 2.45) is 0 Å². The fourth-order valence-electron chi connectivity index (χ4n) is 1.29. The molecule has 1 aromatic rings. The van der Waals surface area contributed by atoms with E-state index in [0.29, 0.717) is 11.9 Å². The number of nitrogens with zero attached hydrogens (tertiary/aromatic N) is 3. The maximum absolute atomic E-state index is 5.61. The molecule has 1 heterocycles. The predicted octanol–water partition coefficient (Wildman–Crippen LogP) is 1.26. The number of methoxy groups -OCH3 is 1. The summed E-state index contributed by atoms with van der Waals surface area (Å²) in [5.74, 6) is 2.54. The molecule has 2 N–H and O–H groups in total. The van der Waals surface area contributed by atoms with Crippen molar-refractivity contribution in [2.75, 3.05) is 36.8 Å². The minimum Gasteiger partial charge on any atom is -0.481 e. The van der Waals surface area contributed by atoms with Crippen LogP contribution in [0.1, 0.15) is 6.92 Å². The van der Waals surface area contributed by atoms with Crippen molar-refractivity contribution in [1.82, 2.24) is 9.97 Å². The number of thioether (sulfide) groups is 1. The minimum absolute atomic E-state index is 0.234. The molecule has 0 aliphatic heterocycles. The van der Waals surface area contributed by atoms with Crippen LogP contribution in [0.2, 0.25) is 0 Å². The van der Waals surface area contributed by atoms with Gasteiger partial charge in [-0.1, -0.05) is 0 Å². The lowest BCUT2D eigenvalue weighted by Crippen LogP contribution is -2.31. The van der Waals surface area contributed by atoms with Gasteiger partial charge in [-0.05, 0) is 13.2 Å². The van der Waals surface area contributed by atoms with Crippen molar-refractivity contribution >= 4 is 23.5 Å². The van der Waals surface area contributed by atoms with E-state index < -0.39 is 0 Å². The maximum atomic E-state index is 5.61. The summed E-state index contributed by atoms with van der Waals surface area (Å²) in [4.78, 5) is 10.2. The Morgan fingerprint density at radius 3 is 2.81 bits per heavy atom. The van der Waals surface area contributed by atoms with Crippen LogP contribution < -0.4 is 15.4 Å². The quantitative estimate of drug-likeness (QED) is 0.838. The van der Waals surface area contributed by atoms with Gasteiger partial charge >= 0.3 is 0 Å². The van der Waals surface area contributed by atoms with Crippen LogP contribution in [0.5, 0.6) is 5.88 Å². The second-order valence-corrected chi connectivity index (χ2v) is 4.45. The number of ether oxygens (including phenoxy) is 1. The van der Waals surface area contributed by atoms with E-state index in [1.54, 1.807) is 24.9 Å². The molecule has 0 radical (unpaired) electrons. The van der Waals surface area contributed by atoms with Crippen molar-refractivity contribution < 1.29 is 4.74 Å². The lowest BCUT2D eigenvalue weighted by Gasteiger charge is -2.25. The van der Waals surface area contributed by atoms with Gasteiger partial charge in [-0.15, -0.1) is 0 Å². The van der Waals surface area contributed by atoms with E-state index in [0.717, 1.165) is 11.6 Å². The molecule has 0 saturated heterocycles. The Hall–Kier alpha value is -1.17.